The summed E-state index contributed by atoms with van der Waals surface area (Å²) in [6.07, 6.45) is 1.72. The van der Waals surface area contributed by atoms with Crippen LogP contribution in [0.1, 0.15) is 23.2 Å². The molecule has 3 nitrogen and oxygen atoms in total. The minimum absolute atomic E-state index is 0.0237. The number of halogens is 3. The van der Waals surface area contributed by atoms with Crippen LogP contribution in [-0.4, -0.2) is 23.4 Å². The first-order valence-electron chi connectivity index (χ1n) is 5.37. The van der Waals surface area contributed by atoms with Gasteiger partial charge in [0.15, 0.2) is 0 Å². The lowest BCUT2D eigenvalue weighted by Crippen LogP contribution is -2.33. The largest absolute Gasteiger partial charge is 0.322 e. The molecule has 0 radical (unpaired) electrons. The van der Waals surface area contributed by atoms with E-state index < -0.39 is 11.7 Å². The second-order valence-electron chi connectivity index (χ2n) is 4.07. The maximum Gasteiger partial charge on any atom is 0.256 e. The van der Waals surface area contributed by atoms with E-state index in [0.717, 1.165) is 18.9 Å². The molecule has 94 valence electrons. The molecule has 1 fully saturated rings. The molecule has 0 spiro atoms. The summed E-state index contributed by atoms with van der Waals surface area (Å²) in [5, 5.41) is 8.67. The molecule has 0 atom stereocenters. The lowest BCUT2D eigenvalue weighted by Gasteiger charge is -2.19. The molecule has 1 aliphatic carbocycles. The number of benzene rings is 1. The van der Waals surface area contributed by atoms with Gasteiger partial charge in [0, 0.05) is 6.04 Å². The van der Waals surface area contributed by atoms with E-state index in [4.69, 9.17) is 28.5 Å². The van der Waals surface area contributed by atoms with Gasteiger partial charge in [0.05, 0.1) is 21.7 Å². The van der Waals surface area contributed by atoms with E-state index in [9.17, 15) is 9.18 Å². The monoisotopic (exact) mass is 286 g/mol. The molecule has 0 N–H and O–H groups in total. The van der Waals surface area contributed by atoms with Crippen LogP contribution in [0.25, 0.3) is 0 Å². The Kier molecular flexibility index (Phi) is 3.74. The van der Waals surface area contributed by atoms with Crippen LogP contribution >= 0.6 is 23.2 Å². The smallest absolute Gasteiger partial charge is 0.256 e. The standard InChI is InChI=1S/C12H9Cl2FN2O/c13-9-6-10(14)11(15)5-8(9)12(18)17(4-3-16)7-1-2-7/h5-7H,1-2,4H2. The molecular weight excluding hydrogens is 278 g/mol. The van der Waals surface area contributed by atoms with Gasteiger partial charge in [-0.1, -0.05) is 23.2 Å². The van der Waals surface area contributed by atoms with Crippen LogP contribution in [0.3, 0.4) is 0 Å². The average molecular weight is 287 g/mol. The Morgan fingerprint density at radius 2 is 2.11 bits per heavy atom. The second-order valence-corrected chi connectivity index (χ2v) is 4.88. The Hall–Kier alpha value is -1.31. The number of rotatable bonds is 3. The molecule has 0 unspecified atom stereocenters. The molecule has 0 saturated heterocycles. The molecule has 6 heteroatoms. The Morgan fingerprint density at radius 3 is 2.67 bits per heavy atom. The molecule has 0 bridgehead atoms. The van der Waals surface area contributed by atoms with Crippen molar-refractivity contribution in [2.45, 2.75) is 18.9 Å². The molecule has 18 heavy (non-hydrogen) atoms. The van der Waals surface area contributed by atoms with E-state index in [0.29, 0.717) is 0 Å². The first-order chi connectivity index (χ1) is 8.54. The Morgan fingerprint density at radius 1 is 1.44 bits per heavy atom. The summed E-state index contributed by atoms with van der Waals surface area (Å²) in [6.45, 7) is -0.0237. The van der Waals surface area contributed by atoms with Gasteiger partial charge in [-0.3, -0.25) is 4.79 Å². The molecule has 2 rings (SSSR count). The van der Waals surface area contributed by atoms with Crippen LogP contribution in [-0.2, 0) is 0 Å². The zero-order valence-electron chi connectivity index (χ0n) is 9.29. The Labute approximate surface area is 114 Å². The summed E-state index contributed by atoms with van der Waals surface area (Å²) in [5.41, 5.74) is 0.0423. The summed E-state index contributed by atoms with van der Waals surface area (Å²) < 4.78 is 13.4. The summed E-state index contributed by atoms with van der Waals surface area (Å²) in [7, 11) is 0. The Bertz CT molecular complexity index is 538. The highest BCUT2D eigenvalue weighted by molar-refractivity contribution is 6.36. The van der Waals surface area contributed by atoms with Crippen molar-refractivity contribution in [3.63, 3.8) is 0 Å². The van der Waals surface area contributed by atoms with Crippen LogP contribution in [0, 0.1) is 17.1 Å². The molecule has 1 amide bonds. The maximum atomic E-state index is 13.4. The van der Waals surface area contributed by atoms with E-state index in [1.54, 1.807) is 0 Å². The van der Waals surface area contributed by atoms with Crippen molar-refractivity contribution in [1.82, 2.24) is 4.90 Å². The minimum Gasteiger partial charge on any atom is -0.322 e. The number of carbonyl (C=O) groups is 1. The number of amides is 1. The van der Waals surface area contributed by atoms with Crippen molar-refractivity contribution in [2.75, 3.05) is 6.54 Å². The average Bonchev–Trinajstić information content (AvgIpc) is 3.14. The molecule has 0 heterocycles. The minimum atomic E-state index is -0.697. The topological polar surface area (TPSA) is 44.1 Å². The highest BCUT2D eigenvalue weighted by atomic mass is 35.5. The number of nitrogens with zero attached hydrogens (tertiary/aromatic N) is 2. The van der Waals surface area contributed by atoms with E-state index in [2.05, 4.69) is 0 Å². The van der Waals surface area contributed by atoms with Crippen LogP contribution in [0.15, 0.2) is 12.1 Å². The third kappa shape index (κ3) is 2.58. The van der Waals surface area contributed by atoms with Gasteiger partial charge >= 0.3 is 0 Å². The maximum absolute atomic E-state index is 13.4. The summed E-state index contributed by atoms with van der Waals surface area (Å²) in [4.78, 5) is 13.6. The number of hydrogen-bond acceptors (Lipinski definition) is 2. The molecule has 1 aromatic carbocycles. The van der Waals surface area contributed by atoms with Crippen molar-refractivity contribution in [3.05, 3.63) is 33.6 Å². The van der Waals surface area contributed by atoms with Gasteiger partial charge in [0.25, 0.3) is 5.91 Å². The van der Waals surface area contributed by atoms with Crippen LogP contribution in [0.5, 0.6) is 0 Å². The summed E-state index contributed by atoms with van der Waals surface area (Å²) in [5.74, 6) is -1.13. The number of nitriles is 1. The normalized spacial score (nSPS) is 14.1. The van der Waals surface area contributed by atoms with Crippen LogP contribution in [0.4, 0.5) is 4.39 Å². The first kappa shape index (κ1) is 13.1. The number of hydrogen-bond donors (Lipinski definition) is 0. The van der Waals surface area contributed by atoms with Gasteiger partial charge in [-0.25, -0.2) is 4.39 Å². The Balaban J connectivity index is 2.32. The van der Waals surface area contributed by atoms with E-state index in [-0.39, 0.29) is 28.2 Å². The van der Waals surface area contributed by atoms with Crippen molar-refractivity contribution in [2.24, 2.45) is 0 Å². The fourth-order valence-electron chi connectivity index (χ4n) is 1.67. The van der Waals surface area contributed by atoms with Crippen molar-refractivity contribution in [3.8, 4) is 6.07 Å². The van der Waals surface area contributed by atoms with E-state index >= 15 is 0 Å². The highest BCUT2D eigenvalue weighted by Crippen LogP contribution is 2.31. The SMILES string of the molecule is N#CCN(C(=O)c1cc(F)c(Cl)cc1Cl)C1CC1. The van der Waals surface area contributed by atoms with Gasteiger partial charge < -0.3 is 4.90 Å². The lowest BCUT2D eigenvalue weighted by molar-refractivity contribution is 0.0764. The van der Waals surface area contributed by atoms with E-state index in [1.165, 1.54) is 11.0 Å². The fourth-order valence-corrected chi connectivity index (χ4v) is 2.13. The molecule has 1 aliphatic rings. The number of carbonyl (C=O) groups excluding carboxylic acids is 1. The fraction of sp³-hybridized carbons (Fsp3) is 0.333. The van der Waals surface area contributed by atoms with Gasteiger partial charge in [-0.2, -0.15) is 5.26 Å². The van der Waals surface area contributed by atoms with Crippen molar-refractivity contribution < 1.29 is 9.18 Å². The third-order valence-electron chi connectivity index (χ3n) is 2.73. The molecule has 0 aliphatic heterocycles. The zero-order chi connectivity index (χ0) is 13.3. The van der Waals surface area contributed by atoms with Crippen LogP contribution in [0.2, 0.25) is 10.0 Å². The lowest BCUT2D eigenvalue weighted by atomic mass is 10.2. The first-order valence-corrected chi connectivity index (χ1v) is 6.12. The van der Waals surface area contributed by atoms with Gasteiger partial charge in [-0.05, 0) is 25.0 Å². The molecule has 1 aromatic rings. The predicted octanol–water partition coefficient (Wildman–Crippen LogP) is 3.26. The van der Waals surface area contributed by atoms with Crippen molar-refractivity contribution in [1.29, 1.82) is 5.26 Å². The van der Waals surface area contributed by atoms with E-state index in [1.807, 2.05) is 6.07 Å². The third-order valence-corrected chi connectivity index (χ3v) is 3.33. The van der Waals surface area contributed by atoms with Crippen LogP contribution < -0.4 is 0 Å². The predicted molar refractivity (Wildman–Crippen MR) is 66.1 cm³/mol. The molecule has 0 aromatic heterocycles. The van der Waals surface area contributed by atoms with Gasteiger partial charge in [-0.15, -0.1) is 0 Å². The van der Waals surface area contributed by atoms with Gasteiger partial charge in [0.1, 0.15) is 12.4 Å². The second kappa shape index (κ2) is 5.13. The zero-order valence-corrected chi connectivity index (χ0v) is 10.8. The molecular formula is C12H9Cl2FN2O. The molecule has 1 saturated carbocycles. The highest BCUT2D eigenvalue weighted by Gasteiger charge is 2.33. The summed E-state index contributed by atoms with van der Waals surface area (Å²) in [6, 6.07) is 4.20. The van der Waals surface area contributed by atoms with Crippen molar-refractivity contribution >= 4 is 29.1 Å². The summed E-state index contributed by atoms with van der Waals surface area (Å²) >= 11 is 11.5. The van der Waals surface area contributed by atoms with Gasteiger partial charge in [0.2, 0.25) is 0 Å². The quantitative estimate of drug-likeness (QED) is 0.632.